The Morgan fingerprint density at radius 2 is 1.90 bits per heavy atom. The van der Waals surface area contributed by atoms with Gasteiger partial charge in [-0.25, -0.2) is 4.39 Å². The number of carbonyl (C=O) groups is 2. The highest BCUT2D eigenvalue weighted by molar-refractivity contribution is 6.18. The number of halogens is 2. The molecular weight excluding hydrogens is 303 g/mol. The number of hydrogen-bond donors (Lipinski definition) is 0. The molecule has 0 N–H and O–H groups in total. The average molecular weight is 323 g/mol. The molecule has 0 aromatic rings. The molecule has 120 valence electrons. The van der Waals surface area contributed by atoms with Gasteiger partial charge in [-0.05, 0) is 0 Å². The first-order chi connectivity index (χ1) is 9.73. The third-order valence-electron chi connectivity index (χ3n) is 3.00. The van der Waals surface area contributed by atoms with E-state index < -0.39 is 35.4 Å². The third-order valence-corrected chi connectivity index (χ3v) is 3.45. The van der Waals surface area contributed by atoms with Crippen LogP contribution in [0.25, 0.3) is 0 Å². The Morgan fingerprint density at radius 1 is 1.33 bits per heavy atom. The van der Waals surface area contributed by atoms with Crippen molar-refractivity contribution in [1.82, 2.24) is 0 Å². The lowest BCUT2D eigenvalue weighted by atomic mass is 10.00. The number of ether oxygens (including phenoxy) is 3. The van der Waals surface area contributed by atoms with Crippen LogP contribution in [0.3, 0.4) is 0 Å². The van der Waals surface area contributed by atoms with Crippen molar-refractivity contribution in [3.63, 3.8) is 0 Å². The largest absolute Gasteiger partial charge is 0.483 e. The van der Waals surface area contributed by atoms with Gasteiger partial charge in [-0.1, -0.05) is 27.7 Å². The van der Waals surface area contributed by atoms with Crippen LogP contribution in [0.15, 0.2) is 12.1 Å². The van der Waals surface area contributed by atoms with Crippen molar-refractivity contribution in [2.75, 3.05) is 12.5 Å². The van der Waals surface area contributed by atoms with Gasteiger partial charge in [0, 0.05) is 0 Å². The van der Waals surface area contributed by atoms with Crippen LogP contribution in [0.4, 0.5) is 4.39 Å². The Bertz CT molecular complexity index is 435. The van der Waals surface area contributed by atoms with E-state index in [0.29, 0.717) is 0 Å². The molecule has 0 aromatic carbocycles. The molecule has 1 rings (SSSR count). The molecule has 0 saturated carbocycles. The second-order valence-corrected chi connectivity index (χ2v) is 5.82. The Balaban J connectivity index is 2.83. The first-order valence-corrected chi connectivity index (χ1v) is 7.23. The molecule has 0 unspecified atom stereocenters. The standard InChI is InChI=1S/C14H20ClFO5/c1-8(2)12(17)19-7-14(6-15)11(10(16)5-20-14)21-13(18)9(3)4/h5,8-9,11H,6-7H2,1-4H3/t11-,14+/m0/s1. The molecule has 0 radical (unpaired) electrons. The topological polar surface area (TPSA) is 61.8 Å². The predicted molar refractivity (Wildman–Crippen MR) is 74.2 cm³/mol. The number of rotatable bonds is 6. The van der Waals surface area contributed by atoms with E-state index >= 15 is 0 Å². The average Bonchev–Trinajstić information content (AvgIpc) is 2.74. The van der Waals surface area contributed by atoms with Crippen molar-refractivity contribution >= 4 is 23.5 Å². The molecule has 21 heavy (non-hydrogen) atoms. The molecule has 1 aliphatic rings. The van der Waals surface area contributed by atoms with Crippen molar-refractivity contribution in [3.8, 4) is 0 Å². The minimum atomic E-state index is -1.43. The van der Waals surface area contributed by atoms with E-state index in [2.05, 4.69) is 0 Å². The van der Waals surface area contributed by atoms with Crippen LogP contribution >= 0.6 is 11.6 Å². The highest BCUT2D eigenvalue weighted by Crippen LogP contribution is 2.35. The molecule has 0 fully saturated rings. The molecule has 0 spiro atoms. The number of esters is 2. The zero-order valence-corrected chi connectivity index (χ0v) is 13.3. The van der Waals surface area contributed by atoms with E-state index in [1.807, 2.05) is 0 Å². The Hall–Kier alpha value is -1.30. The maximum atomic E-state index is 13.8. The van der Waals surface area contributed by atoms with Gasteiger partial charge in [0.25, 0.3) is 0 Å². The Kier molecular flexibility index (Phi) is 6.01. The summed E-state index contributed by atoms with van der Waals surface area (Å²) in [5, 5.41) is 0. The smallest absolute Gasteiger partial charge is 0.309 e. The van der Waals surface area contributed by atoms with Gasteiger partial charge in [0.05, 0.1) is 17.7 Å². The summed E-state index contributed by atoms with van der Waals surface area (Å²) < 4.78 is 29.2. The van der Waals surface area contributed by atoms with Gasteiger partial charge in [0.15, 0.2) is 17.5 Å². The summed E-state index contributed by atoms with van der Waals surface area (Å²) >= 11 is 5.84. The second-order valence-electron chi connectivity index (χ2n) is 5.55. The summed E-state index contributed by atoms with van der Waals surface area (Å²) in [6.45, 7) is 6.29. The zero-order chi connectivity index (χ0) is 16.2. The van der Waals surface area contributed by atoms with E-state index in [1.165, 1.54) is 0 Å². The van der Waals surface area contributed by atoms with Crippen molar-refractivity contribution < 1.29 is 28.2 Å². The van der Waals surface area contributed by atoms with Crippen LogP contribution in [0.2, 0.25) is 0 Å². The molecule has 0 aliphatic carbocycles. The van der Waals surface area contributed by atoms with Gasteiger partial charge in [-0.2, -0.15) is 0 Å². The van der Waals surface area contributed by atoms with Gasteiger partial charge in [-0.15, -0.1) is 11.6 Å². The summed E-state index contributed by atoms with van der Waals surface area (Å²) in [5.74, 6) is -2.77. The lowest BCUT2D eigenvalue weighted by Gasteiger charge is -2.31. The van der Waals surface area contributed by atoms with E-state index in [1.54, 1.807) is 27.7 Å². The van der Waals surface area contributed by atoms with Crippen molar-refractivity contribution in [1.29, 1.82) is 0 Å². The lowest BCUT2D eigenvalue weighted by Crippen LogP contribution is -2.50. The Labute approximate surface area is 128 Å². The summed E-state index contributed by atoms with van der Waals surface area (Å²) in [6.07, 6.45) is -0.478. The van der Waals surface area contributed by atoms with E-state index in [4.69, 9.17) is 25.8 Å². The van der Waals surface area contributed by atoms with Gasteiger partial charge in [0.2, 0.25) is 0 Å². The predicted octanol–water partition coefficient (Wildman–Crippen LogP) is 2.57. The summed E-state index contributed by atoms with van der Waals surface area (Å²) in [7, 11) is 0. The second kappa shape index (κ2) is 7.11. The molecule has 0 saturated heterocycles. The van der Waals surface area contributed by atoms with Crippen molar-refractivity contribution in [2.24, 2.45) is 11.8 Å². The third kappa shape index (κ3) is 4.09. The fourth-order valence-electron chi connectivity index (χ4n) is 1.57. The first-order valence-electron chi connectivity index (χ1n) is 6.70. The van der Waals surface area contributed by atoms with E-state index in [-0.39, 0.29) is 18.4 Å². The van der Waals surface area contributed by atoms with Crippen LogP contribution in [0.5, 0.6) is 0 Å². The fraction of sp³-hybridized carbons (Fsp3) is 0.714. The van der Waals surface area contributed by atoms with Crippen LogP contribution in [0.1, 0.15) is 27.7 Å². The summed E-state index contributed by atoms with van der Waals surface area (Å²) in [6, 6.07) is 0. The molecule has 0 aromatic heterocycles. The number of alkyl halides is 1. The minimum Gasteiger partial charge on any atom is -0.483 e. The number of hydrogen-bond acceptors (Lipinski definition) is 5. The monoisotopic (exact) mass is 322 g/mol. The van der Waals surface area contributed by atoms with Gasteiger partial charge in [-0.3, -0.25) is 9.59 Å². The molecule has 2 atom stereocenters. The van der Waals surface area contributed by atoms with E-state index in [9.17, 15) is 14.0 Å². The van der Waals surface area contributed by atoms with E-state index in [0.717, 1.165) is 6.26 Å². The number of carbonyl (C=O) groups excluding carboxylic acids is 2. The maximum absolute atomic E-state index is 13.8. The molecular formula is C14H20ClFO5. The quantitative estimate of drug-likeness (QED) is 0.555. The summed E-state index contributed by atoms with van der Waals surface area (Å²) in [4.78, 5) is 23.2. The molecule has 7 heteroatoms. The van der Waals surface area contributed by atoms with Crippen LogP contribution < -0.4 is 0 Å². The molecule has 0 amide bonds. The van der Waals surface area contributed by atoms with Gasteiger partial charge >= 0.3 is 11.9 Å². The fourth-order valence-corrected chi connectivity index (χ4v) is 1.85. The van der Waals surface area contributed by atoms with Crippen LogP contribution in [0, 0.1) is 11.8 Å². The molecule has 0 bridgehead atoms. The highest BCUT2D eigenvalue weighted by Gasteiger charge is 2.51. The van der Waals surface area contributed by atoms with Crippen molar-refractivity contribution in [3.05, 3.63) is 12.1 Å². The Morgan fingerprint density at radius 3 is 2.38 bits per heavy atom. The first kappa shape index (κ1) is 17.8. The minimum absolute atomic E-state index is 0.196. The summed E-state index contributed by atoms with van der Waals surface area (Å²) in [5.41, 5.74) is -1.43. The zero-order valence-electron chi connectivity index (χ0n) is 12.5. The van der Waals surface area contributed by atoms with Crippen molar-refractivity contribution in [2.45, 2.75) is 39.4 Å². The molecule has 1 aliphatic heterocycles. The highest BCUT2D eigenvalue weighted by atomic mass is 35.5. The van der Waals surface area contributed by atoms with Gasteiger partial charge < -0.3 is 14.2 Å². The normalized spacial score (nSPS) is 24.8. The SMILES string of the molecule is CC(C)C(=O)OC[C@@]1(CCl)OC=C(F)[C@@H]1OC(=O)C(C)C. The lowest BCUT2D eigenvalue weighted by molar-refractivity contribution is -0.170. The molecule has 1 heterocycles. The molecule has 5 nitrogen and oxygen atoms in total. The maximum Gasteiger partial charge on any atom is 0.309 e. The van der Waals surface area contributed by atoms with Crippen LogP contribution in [-0.2, 0) is 23.8 Å². The van der Waals surface area contributed by atoms with Crippen LogP contribution in [-0.4, -0.2) is 36.1 Å². The van der Waals surface area contributed by atoms with Gasteiger partial charge in [0.1, 0.15) is 12.9 Å².